The number of para-hydroxylation sites is 1. The minimum atomic E-state index is 0.437. The monoisotopic (exact) mass is 311 g/mol. The van der Waals surface area contributed by atoms with E-state index in [-0.39, 0.29) is 0 Å². The van der Waals surface area contributed by atoms with Crippen molar-refractivity contribution < 1.29 is 10.0 Å². The lowest BCUT2D eigenvalue weighted by Crippen LogP contribution is -3.13. The highest BCUT2D eigenvalue weighted by Gasteiger charge is 2.21. The minimum absolute atomic E-state index is 0.437. The van der Waals surface area contributed by atoms with E-state index in [1.54, 1.807) is 4.90 Å². The van der Waals surface area contributed by atoms with Gasteiger partial charge in [-0.2, -0.15) is 0 Å². The van der Waals surface area contributed by atoms with E-state index in [0.29, 0.717) is 11.7 Å². The molecule has 0 aromatic heterocycles. The van der Waals surface area contributed by atoms with Crippen molar-refractivity contribution in [3.63, 3.8) is 0 Å². The summed E-state index contributed by atoms with van der Waals surface area (Å²) in [6.45, 7) is 9.67. The van der Waals surface area contributed by atoms with Gasteiger partial charge in [0.05, 0.1) is 26.2 Å². The predicted molar refractivity (Wildman–Crippen MR) is 95.3 cm³/mol. The van der Waals surface area contributed by atoms with Gasteiger partial charge >= 0.3 is 0 Å². The predicted octanol–water partition coefficient (Wildman–Crippen LogP) is 2.42. The van der Waals surface area contributed by atoms with Crippen molar-refractivity contribution in [3.8, 4) is 5.75 Å². The molecule has 0 spiro atoms. The third-order valence-electron chi connectivity index (χ3n) is 4.80. The summed E-state index contributed by atoms with van der Waals surface area (Å²) in [6, 6.07) is 16.7. The van der Waals surface area contributed by atoms with Crippen LogP contribution in [0, 0.1) is 0 Å². The molecule has 2 aromatic carbocycles. The van der Waals surface area contributed by atoms with E-state index in [2.05, 4.69) is 55.1 Å². The molecule has 0 amide bonds. The molecule has 3 nitrogen and oxygen atoms in total. The summed E-state index contributed by atoms with van der Waals surface area (Å²) in [5.41, 5.74) is 3.70. The molecule has 0 aliphatic carbocycles. The maximum atomic E-state index is 10.2. The molecule has 1 saturated heterocycles. The highest BCUT2D eigenvalue weighted by molar-refractivity contribution is 5.46. The Morgan fingerprint density at radius 2 is 1.74 bits per heavy atom. The molecule has 2 aromatic rings. The number of rotatable bonds is 4. The highest BCUT2D eigenvalue weighted by atomic mass is 16.3. The van der Waals surface area contributed by atoms with Crippen molar-refractivity contribution >= 4 is 5.69 Å². The van der Waals surface area contributed by atoms with E-state index in [0.717, 1.165) is 38.3 Å². The summed E-state index contributed by atoms with van der Waals surface area (Å²) >= 11 is 0. The average molecular weight is 311 g/mol. The Morgan fingerprint density at radius 1 is 1.04 bits per heavy atom. The molecule has 1 fully saturated rings. The fourth-order valence-corrected chi connectivity index (χ4v) is 3.27. The molecule has 122 valence electrons. The van der Waals surface area contributed by atoms with Gasteiger partial charge < -0.3 is 14.9 Å². The number of nitrogens with one attached hydrogen (secondary N) is 1. The second-order valence-electron chi connectivity index (χ2n) is 6.79. The van der Waals surface area contributed by atoms with Crippen molar-refractivity contribution in [1.82, 2.24) is 0 Å². The zero-order chi connectivity index (χ0) is 16.2. The summed E-state index contributed by atoms with van der Waals surface area (Å²) in [5.74, 6) is 0.937. The van der Waals surface area contributed by atoms with Crippen LogP contribution >= 0.6 is 0 Å². The number of aromatic hydroxyl groups is 1. The smallest absolute Gasteiger partial charge is 0.124 e. The molecule has 0 atom stereocenters. The maximum Gasteiger partial charge on any atom is 0.124 e. The van der Waals surface area contributed by atoms with Gasteiger partial charge in [0.1, 0.15) is 12.3 Å². The van der Waals surface area contributed by atoms with E-state index in [9.17, 15) is 5.11 Å². The van der Waals surface area contributed by atoms with Crippen LogP contribution in [0.1, 0.15) is 30.9 Å². The molecule has 23 heavy (non-hydrogen) atoms. The van der Waals surface area contributed by atoms with Crippen LogP contribution in [0.3, 0.4) is 0 Å². The Kier molecular flexibility index (Phi) is 4.87. The Labute approximate surface area is 139 Å². The normalized spacial score (nSPS) is 16.0. The fraction of sp³-hybridized carbons (Fsp3) is 0.400. The Bertz CT molecular complexity index is 631. The highest BCUT2D eigenvalue weighted by Crippen LogP contribution is 2.22. The van der Waals surface area contributed by atoms with Crippen LogP contribution < -0.4 is 9.80 Å². The van der Waals surface area contributed by atoms with Gasteiger partial charge in [0.15, 0.2) is 0 Å². The third kappa shape index (κ3) is 3.85. The number of anilines is 1. The van der Waals surface area contributed by atoms with Gasteiger partial charge in [-0.25, -0.2) is 0 Å². The van der Waals surface area contributed by atoms with E-state index < -0.39 is 0 Å². The number of benzene rings is 2. The lowest BCUT2D eigenvalue weighted by Gasteiger charge is -2.33. The van der Waals surface area contributed by atoms with Crippen molar-refractivity contribution in [2.45, 2.75) is 26.3 Å². The average Bonchev–Trinajstić information content (AvgIpc) is 2.58. The molecule has 1 aliphatic rings. The standard InChI is InChI=1S/C20H26N2O/c1-16(2)17-8-9-20(23)18(14-17)15-21-10-12-22(13-11-21)19-6-4-3-5-7-19/h3-9,14,16,23H,10-13,15H2,1-2H3/p+1. The number of piperazine rings is 1. The molecule has 0 bridgehead atoms. The fourth-order valence-electron chi connectivity index (χ4n) is 3.27. The largest absolute Gasteiger partial charge is 0.507 e. The Hall–Kier alpha value is -2.00. The molecule has 0 radical (unpaired) electrons. The van der Waals surface area contributed by atoms with Crippen LogP contribution in [0.25, 0.3) is 0 Å². The lowest BCUT2D eigenvalue weighted by atomic mass is 10.00. The third-order valence-corrected chi connectivity index (χ3v) is 4.80. The summed E-state index contributed by atoms with van der Waals surface area (Å²) in [5, 5.41) is 10.2. The maximum absolute atomic E-state index is 10.2. The SMILES string of the molecule is CC(C)c1ccc(O)c(C[NH+]2CCN(c3ccccc3)CC2)c1. The van der Waals surface area contributed by atoms with Crippen LogP contribution in [0.2, 0.25) is 0 Å². The molecule has 0 saturated carbocycles. The quantitative estimate of drug-likeness (QED) is 0.907. The second kappa shape index (κ2) is 7.05. The first-order valence-electron chi connectivity index (χ1n) is 8.59. The van der Waals surface area contributed by atoms with Crippen LogP contribution in [-0.2, 0) is 6.54 Å². The van der Waals surface area contributed by atoms with Crippen molar-refractivity contribution in [1.29, 1.82) is 0 Å². The van der Waals surface area contributed by atoms with Gasteiger partial charge in [-0.05, 0) is 35.7 Å². The van der Waals surface area contributed by atoms with Gasteiger partial charge in [-0.15, -0.1) is 0 Å². The van der Waals surface area contributed by atoms with Gasteiger partial charge in [-0.3, -0.25) is 0 Å². The summed E-state index contributed by atoms with van der Waals surface area (Å²) in [4.78, 5) is 4.00. The van der Waals surface area contributed by atoms with Crippen LogP contribution in [0.4, 0.5) is 5.69 Å². The number of hydrogen-bond donors (Lipinski definition) is 2. The Morgan fingerprint density at radius 3 is 2.39 bits per heavy atom. The summed E-state index contributed by atoms with van der Waals surface area (Å²) in [6.07, 6.45) is 0. The minimum Gasteiger partial charge on any atom is -0.507 e. The zero-order valence-corrected chi connectivity index (χ0v) is 14.1. The number of phenolic OH excluding ortho intramolecular Hbond substituents is 1. The van der Waals surface area contributed by atoms with Crippen LogP contribution in [0.5, 0.6) is 5.75 Å². The van der Waals surface area contributed by atoms with Crippen molar-refractivity contribution in [3.05, 3.63) is 59.7 Å². The number of quaternary nitrogens is 1. The summed E-state index contributed by atoms with van der Waals surface area (Å²) < 4.78 is 0. The topological polar surface area (TPSA) is 27.9 Å². The number of phenols is 1. The van der Waals surface area contributed by atoms with Crippen LogP contribution in [-0.4, -0.2) is 31.3 Å². The molecule has 1 heterocycles. The molecular formula is C20H27N2O+. The number of hydrogen-bond acceptors (Lipinski definition) is 2. The first-order chi connectivity index (χ1) is 11.1. The van der Waals surface area contributed by atoms with Crippen LogP contribution in [0.15, 0.2) is 48.5 Å². The molecule has 3 heteroatoms. The zero-order valence-electron chi connectivity index (χ0n) is 14.1. The van der Waals surface area contributed by atoms with Gasteiger partial charge in [-0.1, -0.05) is 38.1 Å². The van der Waals surface area contributed by atoms with Crippen molar-refractivity contribution in [2.75, 3.05) is 31.1 Å². The van der Waals surface area contributed by atoms with Gasteiger partial charge in [0.2, 0.25) is 0 Å². The Balaban J connectivity index is 1.62. The second-order valence-corrected chi connectivity index (χ2v) is 6.79. The molecule has 2 N–H and O–H groups in total. The lowest BCUT2D eigenvalue weighted by molar-refractivity contribution is -0.914. The van der Waals surface area contributed by atoms with Gasteiger partial charge in [0.25, 0.3) is 0 Å². The van der Waals surface area contributed by atoms with Crippen molar-refractivity contribution in [2.24, 2.45) is 0 Å². The van der Waals surface area contributed by atoms with E-state index in [1.165, 1.54) is 11.3 Å². The van der Waals surface area contributed by atoms with E-state index in [4.69, 9.17) is 0 Å². The number of nitrogens with zero attached hydrogens (tertiary/aromatic N) is 1. The van der Waals surface area contributed by atoms with E-state index in [1.807, 2.05) is 12.1 Å². The molecule has 3 rings (SSSR count). The first kappa shape index (κ1) is 15.9. The molecule has 0 unspecified atom stereocenters. The van der Waals surface area contributed by atoms with E-state index >= 15 is 0 Å². The molecular weight excluding hydrogens is 284 g/mol. The summed E-state index contributed by atoms with van der Waals surface area (Å²) in [7, 11) is 0. The first-order valence-corrected chi connectivity index (χ1v) is 8.59. The van der Waals surface area contributed by atoms with Gasteiger partial charge in [0, 0.05) is 11.3 Å². The molecule has 1 aliphatic heterocycles.